The second kappa shape index (κ2) is 10.6. The first-order chi connectivity index (χ1) is 17.5. The number of nitro groups is 1. The minimum Gasteiger partial charge on any atom is -0.772 e. The van der Waals surface area contributed by atoms with Gasteiger partial charge in [-0.1, -0.05) is 72.8 Å². The van der Waals surface area contributed by atoms with Gasteiger partial charge in [-0.3, -0.25) is 19.2 Å². The van der Waals surface area contributed by atoms with Gasteiger partial charge in [-0.25, -0.2) is 0 Å². The van der Waals surface area contributed by atoms with E-state index in [4.69, 9.17) is 4.74 Å². The average Bonchev–Trinajstić information content (AvgIpc) is 3.31. The molecule has 184 valence electrons. The first kappa shape index (κ1) is 24.1. The minimum atomic E-state index is -2.65. The molecule has 1 fully saturated rings. The van der Waals surface area contributed by atoms with Crippen LogP contribution in [0.3, 0.4) is 0 Å². The molecule has 0 aliphatic carbocycles. The van der Waals surface area contributed by atoms with Gasteiger partial charge in [0, 0.05) is 25.7 Å². The van der Waals surface area contributed by atoms with Crippen molar-refractivity contribution >= 4 is 27.5 Å². The molecule has 0 bridgehead atoms. The third-order valence-electron chi connectivity index (χ3n) is 6.56. The van der Waals surface area contributed by atoms with E-state index in [1.807, 2.05) is 48.5 Å². The van der Waals surface area contributed by atoms with Crippen LogP contribution in [0.15, 0.2) is 91.0 Å². The number of nitro benzene ring substituents is 1. The topological polar surface area (TPSA) is 95.7 Å². The maximum absolute atomic E-state index is 12.5. The molecule has 0 aromatic heterocycles. The van der Waals surface area contributed by atoms with Crippen LogP contribution < -0.4 is 4.74 Å². The number of fused-ring (bicyclic) bond motifs is 1. The Balaban J connectivity index is 1.44. The summed E-state index contributed by atoms with van der Waals surface area (Å²) in [7, 11) is 0. The standard InChI is InChI=1S/C28H26N2O5S/c31-30(32)27-14-13-22(35-23-15-16-29(19-23)18-20-7-2-1-3-8-20)17-26(27)28(36(33)34)25-12-6-10-21-9-4-5-11-24(21)25/h1-14,17,23,28H,15-16,18-19H2,(H,33,34)/p-1. The Labute approximate surface area is 211 Å². The predicted molar refractivity (Wildman–Crippen MR) is 139 cm³/mol. The summed E-state index contributed by atoms with van der Waals surface area (Å²) >= 11 is -2.65. The number of ether oxygens (including phenoxy) is 1. The zero-order chi connectivity index (χ0) is 25.1. The van der Waals surface area contributed by atoms with E-state index >= 15 is 0 Å². The Kier molecular flexibility index (Phi) is 7.09. The van der Waals surface area contributed by atoms with E-state index < -0.39 is 21.3 Å². The fourth-order valence-corrected chi connectivity index (χ4v) is 5.72. The van der Waals surface area contributed by atoms with E-state index in [1.54, 1.807) is 18.2 Å². The highest BCUT2D eigenvalue weighted by molar-refractivity contribution is 7.79. The quantitative estimate of drug-likeness (QED) is 0.183. The Bertz CT molecular complexity index is 1410. The summed E-state index contributed by atoms with van der Waals surface area (Å²) in [4.78, 5) is 13.6. The molecule has 1 aliphatic heterocycles. The summed E-state index contributed by atoms with van der Waals surface area (Å²) in [5.74, 6) is 0.429. The molecule has 0 spiro atoms. The summed E-state index contributed by atoms with van der Waals surface area (Å²) in [6.45, 7) is 2.43. The van der Waals surface area contributed by atoms with Crippen molar-refractivity contribution < 1.29 is 18.4 Å². The van der Waals surface area contributed by atoms with Gasteiger partial charge in [0.1, 0.15) is 11.9 Å². The highest BCUT2D eigenvalue weighted by atomic mass is 32.2. The first-order valence-electron chi connectivity index (χ1n) is 11.8. The molecule has 7 nitrogen and oxygen atoms in total. The third-order valence-corrected chi connectivity index (χ3v) is 7.45. The lowest BCUT2D eigenvalue weighted by Gasteiger charge is -2.23. The highest BCUT2D eigenvalue weighted by Crippen LogP contribution is 2.39. The van der Waals surface area contributed by atoms with Gasteiger partial charge in [-0.2, -0.15) is 0 Å². The van der Waals surface area contributed by atoms with Gasteiger partial charge in [0.2, 0.25) is 0 Å². The van der Waals surface area contributed by atoms with Crippen LogP contribution in [0.5, 0.6) is 5.75 Å². The molecule has 0 amide bonds. The molecule has 1 aliphatic rings. The van der Waals surface area contributed by atoms with Crippen molar-refractivity contribution in [2.45, 2.75) is 24.3 Å². The zero-order valence-electron chi connectivity index (χ0n) is 19.5. The van der Waals surface area contributed by atoms with E-state index in [2.05, 4.69) is 17.0 Å². The molecule has 0 radical (unpaired) electrons. The Morgan fingerprint density at radius 3 is 2.50 bits per heavy atom. The van der Waals surface area contributed by atoms with Crippen LogP contribution in [-0.2, 0) is 17.6 Å². The van der Waals surface area contributed by atoms with Gasteiger partial charge in [0.15, 0.2) is 0 Å². The van der Waals surface area contributed by atoms with E-state index in [-0.39, 0.29) is 17.4 Å². The van der Waals surface area contributed by atoms with Crippen LogP contribution in [0.2, 0.25) is 0 Å². The molecule has 4 aromatic rings. The first-order valence-corrected chi connectivity index (χ1v) is 12.9. The Hall–Kier alpha value is -3.59. The van der Waals surface area contributed by atoms with Crippen LogP contribution in [-0.4, -0.2) is 37.8 Å². The van der Waals surface area contributed by atoms with Gasteiger partial charge in [0.25, 0.3) is 5.69 Å². The number of hydrogen-bond donors (Lipinski definition) is 0. The second-order valence-electron chi connectivity index (χ2n) is 8.94. The Morgan fingerprint density at radius 1 is 0.972 bits per heavy atom. The van der Waals surface area contributed by atoms with Gasteiger partial charge in [-0.05, 0) is 51.5 Å². The molecule has 36 heavy (non-hydrogen) atoms. The number of nitrogens with zero attached hydrogens (tertiary/aromatic N) is 2. The summed E-state index contributed by atoms with van der Waals surface area (Å²) in [6, 6.07) is 27.4. The van der Waals surface area contributed by atoms with Gasteiger partial charge in [-0.15, -0.1) is 0 Å². The lowest BCUT2D eigenvalue weighted by molar-refractivity contribution is -0.385. The number of hydrogen-bond acceptors (Lipinski definition) is 6. The van der Waals surface area contributed by atoms with Crippen molar-refractivity contribution in [2.24, 2.45) is 0 Å². The molecule has 3 unspecified atom stereocenters. The number of likely N-dealkylation sites (tertiary alicyclic amines) is 1. The zero-order valence-corrected chi connectivity index (χ0v) is 20.3. The maximum atomic E-state index is 12.5. The molecular weight excluding hydrogens is 476 g/mol. The van der Waals surface area contributed by atoms with Crippen molar-refractivity contribution in [3.8, 4) is 5.75 Å². The fourth-order valence-electron chi connectivity index (χ4n) is 4.91. The molecular formula is C28H25N2O5S-. The fraction of sp³-hybridized carbons (Fsp3) is 0.214. The monoisotopic (exact) mass is 501 g/mol. The van der Waals surface area contributed by atoms with Crippen molar-refractivity contribution in [2.75, 3.05) is 13.1 Å². The van der Waals surface area contributed by atoms with Gasteiger partial charge < -0.3 is 9.29 Å². The lowest BCUT2D eigenvalue weighted by atomic mass is 9.97. The SMILES string of the molecule is O=[N+]([O-])c1ccc(OC2CCN(Cc3ccccc3)C2)cc1C(c1cccc2ccccc12)S(=O)[O-]. The number of benzene rings is 4. The van der Waals surface area contributed by atoms with E-state index in [1.165, 1.54) is 17.7 Å². The maximum Gasteiger partial charge on any atom is 0.274 e. The predicted octanol–water partition coefficient (Wildman–Crippen LogP) is 5.37. The van der Waals surface area contributed by atoms with Gasteiger partial charge in [0.05, 0.1) is 15.7 Å². The van der Waals surface area contributed by atoms with E-state index in [0.29, 0.717) is 11.3 Å². The molecule has 3 atom stereocenters. The minimum absolute atomic E-state index is 0.0863. The molecule has 1 heterocycles. The molecule has 5 rings (SSSR count). The van der Waals surface area contributed by atoms with E-state index in [9.17, 15) is 18.9 Å². The second-order valence-corrected chi connectivity index (χ2v) is 9.93. The summed E-state index contributed by atoms with van der Waals surface area (Å²) in [5, 5.41) is 12.3. The van der Waals surface area contributed by atoms with Crippen LogP contribution in [0.4, 0.5) is 5.69 Å². The van der Waals surface area contributed by atoms with Crippen molar-refractivity contribution in [1.29, 1.82) is 0 Å². The van der Waals surface area contributed by atoms with Crippen LogP contribution in [0, 0.1) is 10.1 Å². The smallest absolute Gasteiger partial charge is 0.274 e. The third kappa shape index (κ3) is 5.16. The van der Waals surface area contributed by atoms with Crippen LogP contribution in [0.25, 0.3) is 10.8 Å². The highest BCUT2D eigenvalue weighted by Gasteiger charge is 2.29. The van der Waals surface area contributed by atoms with Crippen molar-refractivity contribution in [3.63, 3.8) is 0 Å². The van der Waals surface area contributed by atoms with Crippen LogP contribution >= 0.6 is 0 Å². The van der Waals surface area contributed by atoms with E-state index in [0.717, 1.165) is 36.8 Å². The normalized spacial score (nSPS) is 17.6. The summed E-state index contributed by atoms with van der Waals surface area (Å²) in [6.07, 6.45) is 0.733. The van der Waals surface area contributed by atoms with Crippen LogP contribution in [0.1, 0.15) is 28.4 Å². The Morgan fingerprint density at radius 2 is 1.72 bits per heavy atom. The summed E-state index contributed by atoms with van der Waals surface area (Å²) in [5.41, 5.74) is 1.58. The molecule has 0 saturated carbocycles. The van der Waals surface area contributed by atoms with Crippen molar-refractivity contribution in [3.05, 3.63) is 118 Å². The summed E-state index contributed by atoms with van der Waals surface area (Å²) < 4.78 is 31.2. The lowest BCUT2D eigenvalue weighted by Crippen LogP contribution is -2.24. The molecule has 0 N–H and O–H groups in total. The molecule has 8 heteroatoms. The number of rotatable bonds is 8. The van der Waals surface area contributed by atoms with Gasteiger partial charge >= 0.3 is 0 Å². The average molecular weight is 502 g/mol. The molecule has 1 saturated heterocycles. The van der Waals surface area contributed by atoms with Crippen molar-refractivity contribution in [1.82, 2.24) is 4.90 Å². The molecule has 4 aromatic carbocycles. The largest absolute Gasteiger partial charge is 0.772 e.